The molecule has 1 aromatic heterocycles. The number of benzene rings is 1. The third kappa shape index (κ3) is 3.28. The number of phenolic OH excluding ortho intramolecular Hbond substituents is 1. The number of hydrogen-bond donors (Lipinski definition) is 2. The lowest BCUT2D eigenvalue weighted by molar-refractivity contribution is 0.473. The molecular weight excluding hydrogens is 232 g/mol. The van der Waals surface area contributed by atoms with Gasteiger partial charge in [-0.2, -0.15) is 0 Å². The van der Waals surface area contributed by atoms with E-state index in [9.17, 15) is 5.11 Å². The van der Waals surface area contributed by atoms with Crippen molar-refractivity contribution in [3.05, 3.63) is 46.4 Å². The van der Waals surface area contributed by atoms with Gasteiger partial charge in [0.1, 0.15) is 5.75 Å². The summed E-state index contributed by atoms with van der Waals surface area (Å²) in [7, 11) is 0. The highest BCUT2D eigenvalue weighted by Crippen LogP contribution is 2.23. The van der Waals surface area contributed by atoms with Gasteiger partial charge in [-0.1, -0.05) is 19.1 Å². The van der Waals surface area contributed by atoms with E-state index >= 15 is 0 Å². The summed E-state index contributed by atoms with van der Waals surface area (Å²) in [6, 6.07) is 7.68. The normalized spacial score (nSPS) is 12.5. The van der Waals surface area contributed by atoms with Crippen molar-refractivity contribution in [1.82, 2.24) is 10.3 Å². The van der Waals surface area contributed by atoms with E-state index in [-0.39, 0.29) is 6.04 Å². The van der Waals surface area contributed by atoms with E-state index < -0.39 is 0 Å². The number of rotatable bonds is 5. The first-order valence-corrected chi connectivity index (χ1v) is 6.57. The third-order valence-electron chi connectivity index (χ3n) is 2.60. The highest BCUT2D eigenvalue weighted by Gasteiger charge is 2.12. The smallest absolute Gasteiger partial charge is 0.115 e. The molecule has 2 N–H and O–H groups in total. The van der Waals surface area contributed by atoms with Crippen molar-refractivity contribution in [2.24, 2.45) is 0 Å². The van der Waals surface area contributed by atoms with Gasteiger partial charge in [-0.05, 0) is 30.7 Å². The lowest BCUT2D eigenvalue weighted by Crippen LogP contribution is -2.22. The highest BCUT2D eigenvalue weighted by atomic mass is 32.1. The van der Waals surface area contributed by atoms with Crippen LogP contribution in [-0.2, 0) is 6.42 Å². The molecule has 17 heavy (non-hydrogen) atoms. The largest absolute Gasteiger partial charge is 0.508 e. The summed E-state index contributed by atoms with van der Waals surface area (Å²) in [5, 5.41) is 12.9. The van der Waals surface area contributed by atoms with E-state index in [4.69, 9.17) is 0 Å². The third-order valence-corrected chi connectivity index (χ3v) is 3.48. The summed E-state index contributed by atoms with van der Waals surface area (Å²) in [4.78, 5) is 5.35. The highest BCUT2D eigenvalue weighted by molar-refractivity contribution is 7.09. The van der Waals surface area contributed by atoms with Crippen molar-refractivity contribution in [2.75, 3.05) is 6.54 Å². The Morgan fingerprint density at radius 2 is 2.35 bits per heavy atom. The van der Waals surface area contributed by atoms with Crippen molar-refractivity contribution in [3.8, 4) is 5.75 Å². The maximum Gasteiger partial charge on any atom is 0.115 e. The summed E-state index contributed by atoms with van der Waals surface area (Å²) in [5.74, 6) is 0.321. The second-order valence-corrected chi connectivity index (χ2v) is 4.81. The molecule has 4 heteroatoms. The molecule has 0 amide bonds. The van der Waals surface area contributed by atoms with Crippen molar-refractivity contribution in [2.45, 2.75) is 19.4 Å². The first kappa shape index (κ1) is 12.1. The minimum absolute atomic E-state index is 0.272. The molecule has 0 saturated carbocycles. The Bertz CT molecular complexity index is 456. The van der Waals surface area contributed by atoms with Crippen LogP contribution in [-0.4, -0.2) is 16.6 Å². The van der Waals surface area contributed by atoms with Crippen LogP contribution in [0.2, 0.25) is 0 Å². The first-order valence-electron chi connectivity index (χ1n) is 5.69. The van der Waals surface area contributed by atoms with Gasteiger partial charge in [-0.15, -0.1) is 11.3 Å². The molecule has 1 unspecified atom stereocenters. The second-order valence-electron chi connectivity index (χ2n) is 3.89. The van der Waals surface area contributed by atoms with Crippen LogP contribution in [0, 0.1) is 0 Å². The molecule has 90 valence electrons. The van der Waals surface area contributed by atoms with Crippen molar-refractivity contribution < 1.29 is 5.11 Å². The number of phenols is 1. The molecule has 0 radical (unpaired) electrons. The fourth-order valence-electron chi connectivity index (χ4n) is 1.84. The SMILES string of the molecule is CCNC(Cc1cccc(O)c1)c1cncs1. The Hall–Kier alpha value is -1.39. The Kier molecular flexibility index (Phi) is 4.12. The lowest BCUT2D eigenvalue weighted by Gasteiger charge is -2.16. The molecule has 3 nitrogen and oxygen atoms in total. The minimum atomic E-state index is 0.272. The molecule has 0 aliphatic heterocycles. The number of hydrogen-bond acceptors (Lipinski definition) is 4. The van der Waals surface area contributed by atoms with Crippen LogP contribution in [0.5, 0.6) is 5.75 Å². The molecule has 1 atom stereocenters. The van der Waals surface area contributed by atoms with Crippen molar-refractivity contribution >= 4 is 11.3 Å². The van der Waals surface area contributed by atoms with Gasteiger partial charge in [0.2, 0.25) is 0 Å². The lowest BCUT2D eigenvalue weighted by atomic mass is 10.0. The average Bonchev–Trinajstić information content (AvgIpc) is 2.82. The van der Waals surface area contributed by atoms with Crippen LogP contribution < -0.4 is 5.32 Å². The molecule has 1 heterocycles. The van der Waals surface area contributed by atoms with Crippen molar-refractivity contribution in [1.29, 1.82) is 0 Å². The first-order chi connectivity index (χ1) is 8.29. The van der Waals surface area contributed by atoms with Gasteiger partial charge in [0.25, 0.3) is 0 Å². The molecule has 0 aliphatic carbocycles. The predicted octanol–water partition coefficient (Wildman–Crippen LogP) is 2.74. The molecule has 2 aromatic rings. The van der Waals surface area contributed by atoms with Crippen LogP contribution in [0.1, 0.15) is 23.4 Å². The van der Waals surface area contributed by atoms with Crippen LogP contribution >= 0.6 is 11.3 Å². The number of aromatic hydroxyl groups is 1. The van der Waals surface area contributed by atoms with Gasteiger partial charge < -0.3 is 10.4 Å². The molecule has 0 fully saturated rings. The maximum absolute atomic E-state index is 9.46. The zero-order valence-corrected chi connectivity index (χ0v) is 10.6. The van der Waals surface area contributed by atoms with Gasteiger partial charge in [0.05, 0.1) is 5.51 Å². The molecule has 1 aromatic carbocycles. The maximum atomic E-state index is 9.46. The minimum Gasteiger partial charge on any atom is -0.508 e. The number of nitrogens with zero attached hydrogens (tertiary/aromatic N) is 1. The van der Waals surface area contributed by atoms with Crippen molar-refractivity contribution in [3.63, 3.8) is 0 Å². The molecular formula is C13H16N2OS. The summed E-state index contributed by atoms with van der Waals surface area (Å²) >= 11 is 1.66. The van der Waals surface area contributed by atoms with Crippen LogP contribution in [0.3, 0.4) is 0 Å². The Morgan fingerprint density at radius 3 is 3.00 bits per heavy atom. The fraction of sp³-hybridized carbons (Fsp3) is 0.308. The van der Waals surface area contributed by atoms with E-state index in [2.05, 4.69) is 17.2 Å². The fourth-order valence-corrected chi connectivity index (χ4v) is 2.53. The average molecular weight is 248 g/mol. The monoisotopic (exact) mass is 248 g/mol. The zero-order valence-electron chi connectivity index (χ0n) is 9.76. The molecule has 0 saturated heterocycles. The van der Waals surface area contributed by atoms with Gasteiger partial charge in [-0.25, -0.2) is 0 Å². The van der Waals surface area contributed by atoms with Gasteiger partial charge >= 0.3 is 0 Å². The van der Waals surface area contributed by atoms with E-state index in [0.717, 1.165) is 18.5 Å². The molecule has 2 rings (SSSR count). The quantitative estimate of drug-likeness (QED) is 0.855. The summed E-state index contributed by atoms with van der Waals surface area (Å²) in [5.41, 5.74) is 2.98. The molecule has 0 spiro atoms. The van der Waals surface area contributed by atoms with Gasteiger partial charge in [0, 0.05) is 17.1 Å². The predicted molar refractivity (Wildman–Crippen MR) is 70.3 cm³/mol. The summed E-state index contributed by atoms with van der Waals surface area (Å²) < 4.78 is 0. The van der Waals surface area contributed by atoms with E-state index in [1.54, 1.807) is 17.4 Å². The topological polar surface area (TPSA) is 45.1 Å². The van der Waals surface area contributed by atoms with Crippen LogP contribution in [0.4, 0.5) is 0 Å². The summed E-state index contributed by atoms with van der Waals surface area (Å²) in [6.45, 7) is 3.01. The Labute approximate surface area is 105 Å². The molecule has 0 aliphatic rings. The van der Waals surface area contributed by atoms with Crippen LogP contribution in [0.25, 0.3) is 0 Å². The summed E-state index contributed by atoms with van der Waals surface area (Å²) in [6.07, 6.45) is 2.77. The standard InChI is InChI=1S/C13H16N2OS/c1-2-15-12(13-8-14-9-17-13)7-10-4-3-5-11(16)6-10/h3-6,8-9,12,15-16H,2,7H2,1H3. The number of likely N-dealkylation sites (N-methyl/N-ethyl adjacent to an activating group) is 1. The van der Waals surface area contributed by atoms with Gasteiger partial charge in [-0.3, -0.25) is 4.98 Å². The number of thiazole rings is 1. The Morgan fingerprint density at radius 1 is 1.47 bits per heavy atom. The zero-order chi connectivity index (χ0) is 12.1. The second kappa shape index (κ2) is 5.80. The number of aromatic nitrogens is 1. The Balaban J connectivity index is 2.13. The van der Waals surface area contributed by atoms with E-state index in [0.29, 0.717) is 5.75 Å². The van der Waals surface area contributed by atoms with Gasteiger partial charge in [0.15, 0.2) is 0 Å². The van der Waals surface area contributed by atoms with E-state index in [1.807, 2.05) is 29.9 Å². The number of nitrogens with one attached hydrogen (secondary N) is 1. The van der Waals surface area contributed by atoms with E-state index in [1.165, 1.54) is 4.88 Å². The molecule has 0 bridgehead atoms. The van der Waals surface area contributed by atoms with Crippen LogP contribution in [0.15, 0.2) is 36.0 Å².